The van der Waals surface area contributed by atoms with Gasteiger partial charge in [0, 0.05) is 11.8 Å². The van der Waals surface area contributed by atoms with E-state index in [2.05, 4.69) is 19.9 Å². The lowest BCUT2D eigenvalue weighted by atomic mass is 10.0. The van der Waals surface area contributed by atoms with Crippen LogP contribution >= 0.6 is 0 Å². The summed E-state index contributed by atoms with van der Waals surface area (Å²) < 4.78 is 5.82. The van der Waals surface area contributed by atoms with Crippen molar-refractivity contribution in [2.24, 2.45) is 11.7 Å². The smallest absolute Gasteiger partial charge is 0.134 e. The average Bonchev–Trinajstić information content (AvgIpc) is 2.57. The minimum absolute atomic E-state index is 0.476. The van der Waals surface area contributed by atoms with Gasteiger partial charge in [0.2, 0.25) is 0 Å². The third-order valence-corrected chi connectivity index (χ3v) is 2.88. The first-order valence-corrected chi connectivity index (χ1v) is 5.39. The van der Waals surface area contributed by atoms with Crippen LogP contribution in [0, 0.1) is 12.8 Å². The molecule has 0 amide bonds. The van der Waals surface area contributed by atoms with Crippen molar-refractivity contribution in [1.82, 2.24) is 0 Å². The van der Waals surface area contributed by atoms with E-state index < -0.39 is 0 Å². The van der Waals surface area contributed by atoms with Crippen molar-refractivity contribution in [2.45, 2.75) is 20.3 Å². The molecule has 1 heterocycles. The van der Waals surface area contributed by atoms with E-state index in [4.69, 9.17) is 10.2 Å². The largest absolute Gasteiger partial charge is 0.461 e. The third kappa shape index (κ3) is 1.90. The molecule has 0 saturated heterocycles. The van der Waals surface area contributed by atoms with Gasteiger partial charge in [-0.3, -0.25) is 0 Å². The molecule has 0 fully saturated rings. The Morgan fingerprint density at radius 1 is 1.33 bits per heavy atom. The Kier molecular flexibility index (Phi) is 2.78. The fourth-order valence-corrected chi connectivity index (χ4v) is 1.82. The Morgan fingerprint density at radius 2 is 2.07 bits per heavy atom. The van der Waals surface area contributed by atoms with Gasteiger partial charge in [0.15, 0.2) is 0 Å². The quantitative estimate of drug-likeness (QED) is 0.833. The molecule has 2 rings (SSSR count). The molecule has 2 N–H and O–H groups in total. The highest BCUT2D eigenvalue weighted by Crippen LogP contribution is 2.26. The maximum atomic E-state index is 5.82. The number of rotatable bonds is 3. The second kappa shape index (κ2) is 4.07. The van der Waals surface area contributed by atoms with E-state index in [-0.39, 0.29) is 0 Å². The highest BCUT2D eigenvalue weighted by atomic mass is 16.3. The Morgan fingerprint density at radius 3 is 2.73 bits per heavy atom. The first-order valence-electron chi connectivity index (χ1n) is 5.39. The van der Waals surface area contributed by atoms with Crippen LogP contribution in [0.3, 0.4) is 0 Å². The lowest BCUT2D eigenvalue weighted by Crippen LogP contribution is -2.13. The second-order valence-electron chi connectivity index (χ2n) is 4.19. The molecule has 2 aromatic rings. The monoisotopic (exact) mass is 203 g/mol. The van der Waals surface area contributed by atoms with E-state index in [9.17, 15) is 0 Å². The molecular weight excluding hydrogens is 186 g/mol. The van der Waals surface area contributed by atoms with Crippen LogP contribution in [0.25, 0.3) is 11.0 Å². The van der Waals surface area contributed by atoms with Gasteiger partial charge in [0.25, 0.3) is 0 Å². The lowest BCUT2D eigenvalue weighted by Gasteiger charge is -2.05. The Hall–Kier alpha value is -1.28. The fourth-order valence-electron chi connectivity index (χ4n) is 1.82. The van der Waals surface area contributed by atoms with E-state index in [0.29, 0.717) is 12.5 Å². The zero-order valence-electron chi connectivity index (χ0n) is 9.29. The molecule has 2 heteroatoms. The van der Waals surface area contributed by atoms with Gasteiger partial charge in [-0.25, -0.2) is 0 Å². The number of aryl methyl sites for hydroxylation is 1. The summed E-state index contributed by atoms with van der Waals surface area (Å²) in [6.45, 7) is 4.97. The van der Waals surface area contributed by atoms with Crippen molar-refractivity contribution in [3.8, 4) is 0 Å². The van der Waals surface area contributed by atoms with Gasteiger partial charge in [-0.05, 0) is 31.0 Å². The van der Waals surface area contributed by atoms with Crippen LogP contribution in [0.4, 0.5) is 0 Å². The van der Waals surface area contributed by atoms with Crippen LogP contribution in [-0.4, -0.2) is 6.54 Å². The topological polar surface area (TPSA) is 39.2 Å². The van der Waals surface area contributed by atoms with Crippen LogP contribution < -0.4 is 5.73 Å². The van der Waals surface area contributed by atoms with Crippen LogP contribution in [0.1, 0.15) is 18.2 Å². The molecule has 80 valence electrons. The molecule has 1 aromatic heterocycles. The number of hydrogen-bond acceptors (Lipinski definition) is 2. The maximum Gasteiger partial charge on any atom is 0.134 e. The van der Waals surface area contributed by atoms with Gasteiger partial charge in [-0.2, -0.15) is 0 Å². The van der Waals surface area contributed by atoms with Crippen molar-refractivity contribution in [3.05, 3.63) is 35.6 Å². The number of para-hydroxylation sites is 1. The minimum atomic E-state index is 0.476. The summed E-state index contributed by atoms with van der Waals surface area (Å²) >= 11 is 0. The number of fused-ring (bicyclic) bond motifs is 1. The summed E-state index contributed by atoms with van der Waals surface area (Å²) in [5, 5.41) is 1.22. The Labute approximate surface area is 90.1 Å². The van der Waals surface area contributed by atoms with Gasteiger partial charge in [0.05, 0.1) is 0 Å². The van der Waals surface area contributed by atoms with E-state index >= 15 is 0 Å². The highest BCUT2D eigenvalue weighted by molar-refractivity contribution is 5.81. The van der Waals surface area contributed by atoms with Gasteiger partial charge >= 0.3 is 0 Å². The molecule has 0 radical (unpaired) electrons. The summed E-state index contributed by atoms with van der Waals surface area (Å²) in [4.78, 5) is 0. The minimum Gasteiger partial charge on any atom is -0.461 e. The maximum absolute atomic E-state index is 5.82. The van der Waals surface area contributed by atoms with Crippen molar-refractivity contribution in [2.75, 3.05) is 6.54 Å². The summed E-state index contributed by atoms with van der Waals surface area (Å²) in [6.07, 6.45) is 0.928. The van der Waals surface area contributed by atoms with Crippen molar-refractivity contribution >= 4 is 11.0 Å². The van der Waals surface area contributed by atoms with Crippen molar-refractivity contribution < 1.29 is 4.42 Å². The number of hydrogen-bond donors (Lipinski definition) is 1. The molecular formula is C13H17NO. The lowest BCUT2D eigenvalue weighted by molar-refractivity contribution is 0.481. The van der Waals surface area contributed by atoms with Crippen molar-refractivity contribution in [3.63, 3.8) is 0 Å². The van der Waals surface area contributed by atoms with Gasteiger partial charge < -0.3 is 10.2 Å². The number of furan rings is 1. The zero-order valence-corrected chi connectivity index (χ0v) is 9.29. The van der Waals surface area contributed by atoms with Crippen LogP contribution in [-0.2, 0) is 6.42 Å². The van der Waals surface area contributed by atoms with E-state index in [0.717, 1.165) is 17.8 Å². The molecule has 0 aliphatic rings. The fraction of sp³-hybridized carbons (Fsp3) is 0.385. The highest BCUT2D eigenvalue weighted by Gasteiger charge is 2.11. The Bertz CT molecular complexity index is 459. The molecule has 15 heavy (non-hydrogen) atoms. The predicted molar refractivity (Wildman–Crippen MR) is 62.9 cm³/mol. The predicted octanol–water partition coefficient (Wildman–Crippen LogP) is 2.88. The Balaban J connectivity index is 2.40. The average molecular weight is 203 g/mol. The molecule has 1 unspecified atom stereocenters. The van der Waals surface area contributed by atoms with Crippen LogP contribution in [0.5, 0.6) is 0 Å². The summed E-state index contributed by atoms with van der Waals surface area (Å²) in [6, 6.07) is 8.16. The molecule has 1 atom stereocenters. The molecule has 0 bridgehead atoms. The molecule has 0 aliphatic heterocycles. The molecule has 2 nitrogen and oxygen atoms in total. The second-order valence-corrected chi connectivity index (χ2v) is 4.19. The van der Waals surface area contributed by atoms with Crippen LogP contribution in [0.15, 0.2) is 28.7 Å². The van der Waals surface area contributed by atoms with E-state index in [1.54, 1.807) is 0 Å². The van der Waals surface area contributed by atoms with E-state index in [1.165, 1.54) is 10.9 Å². The molecule has 0 spiro atoms. The molecule has 1 aromatic carbocycles. The number of nitrogens with two attached hydrogens (primary N) is 1. The summed E-state index contributed by atoms with van der Waals surface area (Å²) in [7, 11) is 0. The summed E-state index contributed by atoms with van der Waals surface area (Å²) in [5.74, 6) is 1.55. The third-order valence-electron chi connectivity index (χ3n) is 2.88. The number of benzene rings is 1. The molecule has 0 aliphatic carbocycles. The van der Waals surface area contributed by atoms with Crippen LogP contribution in [0.2, 0.25) is 0 Å². The molecule has 0 saturated carbocycles. The SMILES string of the molecule is Cc1c(CC(C)CN)oc2ccccc12. The van der Waals surface area contributed by atoms with Gasteiger partial charge in [0.1, 0.15) is 11.3 Å². The summed E-state index contributed by atoms with van der Waals surface area (Å²) in [5.41, 5.74) is 7.86. The zero-order chi connectivity index (χ0) is 10.8. The normalized spacial score (nSPS) is 13.3. The van der Waals surface area contributed by atoms with E-state index in [1.807, 2.05) is 18.2 Å². The van der Waals surface area contributed by atoms with Gasteiger partial charge in [-0.15, -0.1) is 0 Å². The van der Waals surface area contributed by atoms with Gasteiger partial charge in [-0.1, -0.05) is 25.1 Å². The standard InChI is InChI=1S/C13H17NO/c1-9(8-14)7-13-10(2)11-5-3-4-6-12(11)15-13/h3-6,9H,7-8,14H2,1-2H3. The van der Waals surface area contributed by atoms with Crippen molar-refractivity contribution in [1.29, 1.82) is 0 Å². The first kappa shape index (κ1) is 10.2. The first-order chi connectivity index (χ1) is 7.22.